The molecule has 0 spiro atoms. The molecule has 0 aromatic carbocycles. The molecule has 3 amide bonds. The van der Waals surface area contributed by atoms with E-state index in [0.717, 1.165) is 38.8 Å². The monoisotopic (exact) mass is 324 g/mol. The topological polar surface area (TPSA) is 78.7 Å². The number of nitrogens with two attached hydrogens (primary N) is 1. The third-order valence-corrected chi connectivity index (χ3v) is 5.62. The van der Waals surface area contributed by atoms with Crippen LogP contribution < -0.4 is 11.1 Å². The summed E-state index contributed by atoms with van der Waals surface area (Å²) in [7, 11) is 0. The molecule has 6 heteroatoms. The molecule has 0 saturated carbocycles. The fourth-order valence-electron chi connectivity index (χ4n) is 3.26. The van der Waals surface area contributed by atoms with Gasteiger partial charge in [-0.05, 0) is 38.5 Å². The minimum absolute atomic E-state index is 0.0118. The third-order valence-electron chi connectivity index (χ3n) is 5.62. The van der Waals surface area contributed by atoms with Gasteiger partial charge >= 0.3 is 6.03 Å². The average Bonchev–Trinajstić information content (AvgIpc) is 3.08. The highest BCUT2D eigenvalue weighted by molar-refractivity contribution is 5.80. The number of hydrogen-bond donors (Lipinski definition) is 2. The first-order valence-electron chi connectivity index (χ1n) is 8.93. The first kappa shape index (κ1) is 18.0. The second kappa shape index (κ2) is 7.51. The Morgan fingerprint density at radius 2 is 1.65 bits per heavy atom. The van der Waals surface area contributed by atoms with Gasteiger partial charge < -0.3 is 20.9 Å². The van der Waals surface area contributed by atoms with Crippen molar-refractivity contribution in [2.24, 2.45) is 17.6 Å². The molecule has 132 valence electrons. The van der Waals surface area contributed by atoms with Crippen LogP contribution in [-0.2, 0) is 4.79 Å². The molecule has 1 unspecified atom stereocenters. The molecule has 3 N–H and O–H groups in total. The van der Waals surface area contributed by atoms with E-state index in [2.05, 4.69) is 19.2 Å². The second-order valence-electron chi connectivity index (χ2n) is 7.50. The van der Waals surface area contributed by atoms with Crippen molar-refractivity contribution in [3.63, 3.8) is 0 Å². The van der Waals surface area contributed by atoms with Crippen molar-refractivity contribution >= 4 is 11.9 Å². The highest BCUT2D eigenvalue weighted by Crippen LogP contribution is 2.22. The van der Waals surface area contributed by atoms with Crippen LogP contribution in [0.5, 0.6) is 0 Å². The molecule has 6 nitrogen and oxygen atoms in total. The minimum Gasteiger partial charge on any atom is -0.349 e. The predicted octanol–water partition coefficient (Wildman–Crippen LogP) is 1.40. The zero-order valence-corrected chi connectivity index (χ0v) is 14.8. The predicted molar refractivity (Wildman–Crippen MR) is 90.9 cm³/mol. The Bertz CT molecular complexity index is 426. The van der Waals surface area contributed by atoms with E-state index in [0.29, 0.717) is 19.6 Å². The number of piperidine rings is 1. The summed E-state index contributed by atoms with van der Waals surface area (Å²) in [5, 5.41) is 3.13. The maximum absolute atomic E-state index is 12.5. The van der Waals surface area contributed by atoms with Gasteiger partial charge in [-0.25, -0.2) is 4.79 Å². The van der Waals surface area contributed by atoms with Crippen LogP contribution in [0.25, 0.3) is 0 Å². The standard InChI is InChI=1S/C17H32N4O2/c1-13(2)17(3,12-18)19-15(22)14-6-10-21(11-7-14)16(23)20-8-4-5-9-20/h13-14H,4-12,18H2,1-3H3,(H,19,22). The molecule has 1 atom stereocenters. The summed E-state index contributed by atoms with van der Waals surface area (Å²) in [6.07, 6.45) is 3.70. The lowest BCUT2D eigenvalue weighted by atomic mass is 9.86. The van der Waals surface area contributed by atoms with E-state index in [4.69, 9.17) is 5.73 Å². The first-order valence-corrected chi connectivity index (χ1v) is 8.93. The lowest BCUT2D eigenvalue weighted by Crippen LogP contribution is -2.57. The van der Waals surface area contributed by atoms with Crippen molar-refractivity contribution < 1.29 is 9.59 Å². The lowest BCUT2D eigenvalue weighted by molar-refractivity contribution is -0.128. The number of amides is 3. The SMILES string of the molecule is CC(C)C(C)(CN)NC(=O)C1CCN(C(=O)N2CCCC2)CC1. The number of likely N-dealkylation sites (tertiary alicyclic amines) is 2. The van der Waals surface area contributed by atoms with Crippen molar-refractivity contribution in [3.8, 4) is 0 Å². The van der Waals surface area contributed by atoms with Gasteiger partial charge in [-0.2, -0.15) is 0 Å². The summed E-state index contributed by atoms with van der Waals surface area (Å²) in [5.41, 5.74) is 5.48. The molecule has 2 saturated heterocycles. The van der Waals surface area contributed by atoms with Crippen LogP contribution in [-0.4, -0.2) is 60.0 Å². The molecule has 0 aromatic rings. The molecule has 0 bridgehead atoms. The molecule has 2 heterocycles. The van der Waals surface area contributed by atoms with Gasteiger partial charge in [-0.1, -0.05) is 13.8 Å². The van der Waals surface area contributed by atoms with Crippen molar-refractivity contribution in [3.05, 3.63) is 0 Å². The summed E-state index contributed by atoms with van der Waals surface area (Å²) >= 11 is 0. The first-order chi connectivity index (χ1) is 10.9. The molecule has 23 heavy (non-hydrogen) atoms. The van der Waals surface area contributed by atoms with Crippen LogP contribution in [0.4, 0.5) is 4.79 Å². The number of nitrogens with zero attached hydrogens (tertiary/aromatic N) is 2. The van der Waals surface area contributed by atoms with Crippen LogP contribution >= 0.6 is 0 Å². The summed E-state index contributed by atoms with van der Waals surface area (Å²) in [4.78, 5) is 28.7. The van der Waals surface area contributed by atoms with E-state index in [1.54, 1.807) is 0 Å². The number of carbonyl (C=O) groups excluding carboxylic acids is 2. The Morgan fingerprint density at radius 1 is 1.13 bits per heavy atom. The normalized spacial score (nSPS) is 22.3. The van der Waals surface area contributed by atoms with Crippen molar-refractivity contribution in [1.29, 1.82) is 0 Å². The van der Waals surface area contributed by atoms with Gasteiger partial charge in [0.1, 0.15) is 0 Å². The molecular weight excluding hydrogens is 292 g/mol. The Kier molecular flexibility index (Phi) is 5.89. The zero-order chi connectivity index (χ0) is 17.0. The van der Waals surface area contributed by atoms with E-state index in [1.807, 2.05) is 16.7 Å². The highest BCUT2D eigenvalue weighted by Gasteiger charge is 2.34. The van der Waals surface area contributed by atoms with Gasteiger partial charge in [0.25, 0.3) is 0 Å². The highest BCUT2D eigenvalue weighted by atomic mass is 16.2. The quantitative estimate of drug-likeness (QED) is 0.820. The van der Waals surface area contributed by atoms with E-state index in [1.165, 1.54) is 0 Å². The van der Waals surface area contributed by atoms with Crippen LogP contribution in [0, 0.1) is 11.8 Å². The van der Waals surface area contributed by atoms with E-state index in [-0.39, 0.29) is 29.3 Å². The Labute approximate surface area is 139 Å². The summed E-state index contributed by atoms with van der Waals surface area (Å²) < 4.78 is 0. The van der Waals surface area contributed by atoms with Crippen molar-refractivity contribution in [2.75, 3.05) is 32.7 Å². The number of nitrogens with one attached hydrogen (secondary N) is 1. The average molecular weight is 324 g/mol. The van der Waals surface area contributed by atoms with Gasteiger partial charge in [0.05, 0.1) is 5.54 Å². The minimum atomic E-state index is -0.362. The molecule has 2 fully saturated rings. The van der Waals surface area contributed by atoms with Crippen LogP contribution in [0.1, 0.15) is 46.5 Å². The fraction of sp³-hybridized carbons (Fsp3) is 0.882. The van der Waals surface area contributed by atoms with Crippen molar-refractivity contribution in [1.82, 2.24) is 15.1 Å². The van der Waals surface area contributed by atoms with Crippen molar-refractivity contribution in [2.45, 2.75) is 52.0 Å². The molecule has 0 aromatic heterocycles. The number of rotatable bonds is 4. The Balaban J connectivity index is 1.83. The number of carbonyl (C=O) groups is 2. The second-order valence-corrected chi connectivity index (χ2v) is 7.50. The Morgan fingerprint density at radius 3 is 2.13 bits per heavy atom. The number of urea groups is 1. The van der Waals surface area contributed by atoms with Gasteiger partial charge in [-0.3, -0.25) is 4.79 Å². The van der Waals surface area contributed by atoms with Crippen LogP contribution in [0.15, 0.2) is 0 Å². The molecule has 2 rings (SSSR count). The molecule has 2 aliphatic heterocycles. The van der Waals surface area contributed by atoms with E-state index >= 15 is 0 Å². The number of hydrogen-bond acceptors (Lipinski definition) is 3. The Hall–Kier alpha value is -1.30. The largest absolute Gasteiger partial charge is 0.349 e. The smallest absolute Gasteiger partial charge is 0.319 e. The molecule has 0 aliphatic carbocycles. The molecule has 0 radical (unpaired) electrons. The summed E-state index contributed by atoms with van der Waals surface area (Å²) in [5.74, 6) is 0.357. The summed E-state index contributed by atoms with van der Waals surface area (Å²) in [6, 6.07) is 0.148. The van der Waals surface area contributed by atoms with E-state index in [9.17, 15) is 9.59 Å². The molecular formula is C17H32N4O2. The lowest BCUT2D eigenvalue weighted by Gasteiger charge is -2.38. The summed E-state index contributed by atoms with van der Waals surface area (Å²) in [6.45, 7) is 9.69. The zero-order valence-electron chi connectivity index (χ0n) is 14.8. The molecule has 2 aliphatic rings. The van der Waals surface area contributed by atoms with E-state index < -0.39 is 0 Å². The maximum Gasteiger partial charge on any atom is 0.319 e. The van der Waals surface area contributed by atoms with Gasteiger partial charge in [0, 0.05) is 38.6 Å². The fourth-order valence-corrected chi connectivity index (χ4v) is 3.26. The third kappa shape index (κ3) is 4.16. The van der Waals surface area contributed by atoms with Crippen LogP contribution in [0.2, 0.25) is 0 Å². The maximum atomic E-state index is 12.5. The van der Waals surface area contributed by atoms with Gasteiger partial charge in [0.15, 0.2) is 0 Å². The van der Waals surface area contributed by atoms with Gasteiger partial charge in [0.2, 0.25) is 5.91 Å². The van der Waals surface area contributed by atoms with Gasteiger partial charge in [-0.15, -0.1) is 0 Å². The van der Waals surface area contributed by atoms with Crippen LogP contribution in [0.3, 0.4) is 0 Å².